The molecular formula is C31H31F3N8O4. The number of halogens is 3. The number of benzene rings is 2. The smallest absolute Gasteiger partial charge is 0.417 e. The average molecular weight is 637 g/mol. The standard InChI is InChI=1S/C31H31F3N8O4/c1-35-29(44)26-24(15-25(38-39-26)37-28(43)17-8-9-17)36-23-7-5-6-20(27(23)46-4)18-10-11-21(22(14-18)31(32,33)34)30(45)41(2)16-19-12-13-42(3)40-19/h5-7,10-15,17H,8-9,16H2,1-4H3,(H,35,44)(H2,36,37,38,43). The summed E-state index contributed by atoms with van der Waals surface area (Å²) in [7, 11) is 5.88. The second kappa shape index (κ2) is 12.9. The molecule has 0 bridgehead atoms. The number of carbonyl (C=O) groups excluding carboxylic acids is 3. The van der Waals surface area contributed by atoms with Crippen LogP contribution in [0.4, 0.5) is 30.4 Å². The van der Waals surface area contributed by atoms with Crippen LogP contribution >= 0.6 is 0 Å². The number of hydrogen-bond donors (Lipinski definition) is 3. The number of aryl methyl sites for hydroxylation is 1. The van der Waals surface area contributed by atoms with Crippen molar-refractivity contribution in [3.05, 3.63) is 77.2 Å². The van der Waals surface area contributed by atoms with Gasteiger partial charge < -0.3 is 25.6 Å². The number of carbonyl (C=O) groups is 3. The molecule has 4 aromatic rings. The van der Waals surface area contributed by atoms with Gasteiger partial charge in [0.25, 0.3) is 11.8 Å². The number of rotatable bonds is 10. The number of nitrogens with one attached hydrogen (secondary N) is 3. The van der Waals surface area contributed by atoms with E-state index in [2.05, 4.69) is 31.2 Å². The molecule has 2 heterocycles. The highest BCUT2D eigenvalue weighted by Crippen LogP contribution is 2.41. The fraction of sp³-hybridized carbons (Fsp3) is 0.290. The van der Waals surface area contributed by atoms with Gasteiger partial charge in [0, 0.05) is 44.9 Å². The lowest BCUT2D eigenvalue weighted by molar-refractivity contribution is -0.138. The Hall–Kier alpha value is -5.47. The Kier molecular flexibility index (Phi) is 8.94. The maximum atomic E-state index is 14.4. The zero-order valence-corrected chi connectivity index (χ0v) is 25.4. The summed E-state index contributed by atoms with van der Waals surface area (Å²) in [4.78, 5) is 39.2. The summed E-state index contributed by atoms with van der Waals surface area (Å²) in [6.45, 7) is 0.0220. The van der Waals surface area contributed by atoms with Gasteiger partial charge in [-0.15, -0.1) is 10.2 Å². The van der Waals surface area contributed by atoms with Gasteiger partial charge in [-0.3, -0.25) is 19.1 Å². The first-order valence-corrected chi connectivity index (χ1v) is 14.2. The van der Waals surface area contributed by atoms with Gasteiger partial charge in [0.15, 0.2) is 11.5 Å². The van der Waals surface area contributed by atoms with Crippen molar-refractivity contribution in [1.82, 2.24) is 30.2 Å². The minimum atomic E-state index is -4.84. The van der Waals surface area contributed by atoms with Gasteiger partial charge in [-0.05, 0) is 42.7 Å². The predicted octanol–water partition coefficient (Wildman–Crippen LogP) is 4.63. The van der Waals surface area contributed by atoms with Crippen LogP contribution in [0.1, 0.15) is 44.9 Å². The molecular weight excluding hydrogens is 605 g/mol. The third kappa shape index (κ3) is 6.92. The lowest BCUT2D eigenvalue weighted by Crippen LogP contribution is -2.28. The molecule has 1 saturated carbocycles. The van der Waals surface area contributed by atoms with Crippen LogP contribution < -0.4 is 20.7 Å². The first-order chi connectivity index (χ1) is 21.9. The first kappa shape index (κ1) is 31.9. The van der Waals surface area contributed by atoms with Gasteiger partial charge in [-0.2, -0.15) is 18.3 Å². The minimum absolute atomic E-state index is 0.0220. The number of para-hydroxylation sites is 1. The largest absolute Gasteiger partial charge is 0.494 e. The van der Waals surface area contributed by atoms with Crippen LogP contribution in [-0.4, -0.2) is 63.8 Å². The molecule has 0 spiro atoms. The molecule has 0 aliphatic heterocycles. The third-order valence-electron chi connectivity index (χ3n) is 7.31. The zero-order valence-electron chi connectivity index (χ0n) is 25.4. The summed E-state index contributed by atoms with van der Waals surface area (Å²) >= 11 is 0. The lowest BCUT2D eigenvalue weighted by Gasteiger charge is -2.21. The van der Waals surface area contributed by atoms with E-state index in [-0.39, 0.29) is 52.4 Å². The minimum Gasteiger partial charge on any atom is -0.494 e. The average Bonchev–Trinajstić information content (AvgIpc) is 3.81. The van der Waals surface area contributed by atoms with Gasteiger partial charge in [0.05, 0.1) is 41.9 Å². The maximum absolute atomic E-state index is 14.4. The van der Waals surface area contributed by atoms with Gasteiger partial charge in [0.2, 0.25) is 5.91 Å². The van der Waals surface area contributed by atoms with E-state index in [1.807, 2.05) is 0 Å². The third-order valence-corrected chi connectivity index (χ3v) is 7.31. The summed E-state index contributed by atoms with van der Waals surface area (Å²) in [5, 5.41) is 20.3. The van der Waals surface area contributed by atoms with E-state index in [0.717, 1.165) is 25.0 Å². The molecule has 1 fully saturated rings. The summed E-state index contributed by atoms with van der Waals surface area (Å²) in [5.41, 5.74) is -0.306. The quantitative estimate of drug-likeness (QED) is 0.229. The Labute approximate surface area is 261 Å². The number of alkyl halides is 3. The highest BCUT2D eigenvalue weighted by molar-refractivity contribution is 6.00. The molecule has 0 unspecified atom stereocenters. The van der Waals surface area contributed by atoms with E-state index in [4.69, 9.17) is 4.74 Å². The summed E-state index contributed by atoms with van der Waals surface area (Å²) < 4.78 is 50.3. The summed E-state index contributed by atoms with van der Waals surface area (Å²) in [5.74, 6) is -1.41. The Morgan fingerprint density at radius 2 is 1.83 bits per heavy atom. The van der Waals surface area contributed by atoms with Gasteiger partial charge in [-0.25, -0.2) is 0 Å². The van der Waals surface area contributed by atoms with Crippen molar-refractivity contribution in [2.75, 3.05) is 31.8 Å². The molecule has 0 radical (unpaired) electrons. The number of anilines is 3. The predicted molar refractivity (Wildman–Crippen MR) is 162 cm³/mol. The second-order valence-electron chi connectivity index (χ2n) is 10.7. The number of ether oxygens (including phenoxy) is 1. The Morgan fingerprint density at radius 3 is 2.46 bits per heavy atom. The molecule has 2 aromatic heterocycles. The van der Waals surface area contributed by atoms with Gasteiger partial charge >= 0.3 is 6.18 Å². The van der Waals surface area contributed by atoms with E-state index in [0.29, 0.717) is 11.4 Å². The molecule has 15 heteroatoms. The van der Waals surface area contributed by atoms with Crippen molar-refractivity contribution in [3.8, 4) is 16.9 Å². The Morgan fingerprint density at radius 1 is 1.07 bits per heavy atom. The highest BCUT2D eigenvalue weighted by Gasteiger charge is 2.37. The van der Waals surface area contributed by atoms with E-state index in [1.54, 1.807) is 37.5 Å². The van der Waals surface area contributed by atoms with E-state index < -0.39 is 29.1 Å². The van der Waals surface area contributed by atoms with Gasteiger partial charge in [0.1, 0.15) is 5.75 Å². The normalized spacial score (nSPS) is 12.8. The van der Waals surface area contributed by atoms with Crippen molar-refractivity contribution < 1.29 is 32.3 Å². The number of nitrogens with zero attached hydrogens (tertiary/aromatic N) is 5. The molecule has 240 valence electrons. The fourth-order valence-electron chi connectivity index (χ4n) is 4.84. The summed E-state index contributed by atoms with van der Waals surface area (Å²) in [6, 6.07) is 11.3. The van der Waals surface area contributed by atoms with Crippen LogP contribution in [-0.2, 0) is 24.6 Å². The SMILES string of the molecule is CNC(=O)c1nnc(NC(=O)C2CC2)cc1Nc1cccc(-c2ccc(C(=O)N(C)Cc3ccn(C)n3)c(C(F)(F)F)c2)c1OC. The van der Waals surface area contributed by atoms with Crippen molar-refractivity contribution in [2.24, 2.45) is 13.0 Å². The van der Waals surface area contributed by atoms with Crippen molar-refractivity contribution >= 4 is 34.9 Å². The summed E-state index contributed by atoms with van der Waals surface area (Å²) in [6.07, 6.45) is -1.62. The van der Waals surface area contributed by atoms with Crippen molar-refractivity contribution in [3.63, 3.8) is 0 Å². The topological polar surface area (TPSA) is 143 Å². The van der Waals surface area contributed by atoms with Crippen LogP contribution in [0, 0.1) is 5.92 Å². The fourth-order valence-corrected chi connectivity index (χ4v) is 4.84. The zero-order chi connectivity index (χ0) is 33.2. The highest BCUT2D eigenvalue weighted by atomic mass is 19.4. The molecule has 0 atom stereocenters. The molecule has 3 amide bonds. The Balaban J connectivity index is 1.50. The Bertz CT molecular complexity index is 1800. The lowest BCUT2D eigenvalue weighted by atomic mass is 9.96. The van der Waals surface area contributed by atoms with E-state index in [9.17, 15) is 27.6 Å². The maximum Gasteiger partial charge on any atom is 0.417 e. The monoisotopic (exact) mass is 636 g/mol. The van der Waals surface area contributed by atoms with Crippen LogP contribution in [0.25, 0.3) is 11.1 Å². The number of hydrogen-bond acceptors (Lipinski definition) is 8. The molecule has 1 aliphatic rings. The second-order valence-corrected chi connectivity index (χ2v) is 10.7. The number of amides is 3. The van der Waals surface area contributed by atoms with Crippen LogP contribution in [0.3, 0.4) is 0 Å². The molecule has 5 rings (SSSR count). The first-order valence-electron chi connectivity index (χ1n) is 14.2. The molecule has 3 N–H and O–H groups in total. The van der Waals surface area contributed by atoms with E-state index in [1.165, 1.54) is 42.9 Å². The molecule has 12 nitrogen and oxygen atoms in total. The van der Waals surface area contributed by atoms with Crippen molar-refractivity contribution in [1.29, 1.82) is 0 Å². The number of methoxy groups -OCH3 is 1. The molecule has 2 aromatic carbocycles. The van der Waals surface area contributed by atoms with Crippen LogP contribution in [0.2, 0.25) is 0 Å². The van der Waals surface area contributed by atoms with Gasteiger partial charge in [-0.1, -0.05) is 18.2 Å². The molecule has 1 aliphatic carbocycles. The van der Waals surface area contributed by atoms with E-state index >= 15 is 0 Å². The van der Waals surface area contributed by atoms with Crippen molar-refractivity contribution in [2.45, 2.75) is 25.6 Å². The van der Waals surface area contributed by atoms with Crippen LogP contribution in [0.15, 0.2) is 54.7 Å². The molecule has 0 saturated heterocycles. The molecule has 46 heavy (non-hydrogen) atoms. The number of aromatic nitrogens is 4. The van der Waals surface area contributed by atoms with Crippen LogP contribution in [0.5, 0.6) is 5.75 Å².